The molecule has 0 amide bonds. The third-order valence-corrected chi connectivity index (χ3v) is 4.87. The van der Waals surface area contributed by atoms with Gasteiger partial charge in [0.2, 0.25) is 0 Å². The predicted molar refractivity (Wildman–Crippen MR) is 100 cm³/mol. The number of fused-ring (bicyclic) bond motifs is 1. The maximum Gasteiger partial charge on any atom is 0.132 e. The standard InChI is InChI=1S/C21H27NO3/c1-14-8-6-7-9-15(14)13-24-20-19(23-5)17-12-16(22-4)10-11-18(17)25-21(20,2)3/h6-12,19-20,22H,13H2,1-5H3. The van der Waals surface area contributed by atoms with E-state index in [1.165, 1.54) is 11.1 Å². The van der Waals surface area contributed by atoms with Gasteiger partial charge in [-0.3, -0.25) is 0 Å². The number of hydrogen-bond acceptors (Lipinski definition) is 4. The van der Waals surface area contributed by atoms with Crippen molar-refractivity contribution in [3.63, 3.8) is 0 Å². The second-order valence-electron chi connectivity index (χ2n) is 7.02. The topological polar surface area (TPSA) is 39.7 Å². The van der Waals surface area contributed by atoms with Gasteiger partial charge in [0.1, 0.15) is 23.6 Å². The monoisotopic (exact) mass is 341 g/mol. The molecule has 0 bridgehead atoms. The van der Waals surface area contributed by atoms with E-state index in [1.807, 2.05) is 31.3 Å². The molecule has 0 saturated heterocycles. The van der Waals surface area contributed by atoms with E-state index in [2.05, 4.69) is 44.3 Å². The summed E-state index contributed by atoms with van der Waals surface area (Å²) in [5.41, 5.74) is 3.97. The molecule has 4 heteroatoms. The molecule has 1 aliphatic heterocycles. The zero-order valence-corrected chi connectivity index (χ0v) is 15.6. The average Bonchev–Trinajstić information content (AvgIpc) is 2.60. The fraction of sp³-hybridized carbons (Fsp3) is 0.429. The molecule has 25 heavy (non-hydrogen) atoms. The third-order valence-electron chi connectivity index (χ3n) is 4.87. The molecule has 2 aromatic rings. The van der Waals surface area contributed by atoms with E-state index in [0.717, 1.165) is 17.0 Å². The summed E-state index contributed by atoms with van der Waals surface area (Å²) in [6.07, 6.45) is -0.396. The molecule has 2 atom stereocenters. The molecular formula is C21H27NO3. The maximum atomic E-state index is 6.33. The van der Waals surface area contributed by atoms with Crippen LogP contribution in [0.25, 0.3) is 0 Å². The summed E-state index contributed by atoms with van der Waals surface area (Å²) in [7, 11) is 3.63. The van der Waals surface area contributed by atoms with Crippen molar-refractivity contribution in [2.24, 2.45) is 0 Å². The van der Waals surface area contributed by atoms with Crippen LogP contribution in [0.15, 0.2) is 42.5 Å². The Hall–Kier alpha value is -2.04. The molecule has 2 unspecified atom stereocenters. The molecule has 2 aromatic carbocycles. The number of ether oxygens (including phenoxy) is 3. The minimum Gasteiger partial charge on any atom is -0.485 e. The van der Waals surface area contributed by atoms with Gasteiger partial charge in [-0.15, -0.1) is 0 Å². The van der Waals surface area contributed by atoms with Crippen LogP contribution in [0.5, 0.6) is 5.75 Å². The van der Waals surface area contributed by atoms with E-state index in [1.54, 1.807) is 7.11 Å². The highest BCUT2D eigenvalue weighted by molar-refractivity contribution is 5.53. The van der Waals surface area contributed by atoms with E-state index in [9.17, 15) is 0 Å². The van der Waals surface area contributed by atoms with Crippen LogP contribution in [0.3, 0.4) is 0 Å². The molecule has 4 nitrogen and oxygen atoms in total. The van der Waals surface area contributed by atoms with Gasteiger partial charge in [0.25, 0.3) is 0 Å². The van der Waals surface area contributed by atoms with Crippen molar-refractivity contribution in [2.45, 2.75) is 45.2 Å². The number of benzene rings is 2. The summed E-state index contributed by atoms with van der Waals surface area (Å²) in [4.78, 5) is 0. The highest BCUT2D eigenvalue weighted by Crippen LogP contribution is 2.44. The van der Waals surface area contributed by atoms with E-state index >= 15 is 0 Å². The summed E-state index contributed by atoms with van der Waals surface area (Å²) in [5, 5.41) is 3.17. The summed E-state index contributed by atoms with van der Waals surface area (Å²) in [6.45, 7) is 6.74. The van der Waals surface area contributed by atoms with Crippen molar-refractivity contribution in [3.8, 4) is 5.75 Å². The molecule has 1 aliphatic rings. The Bertz CT molecular complexity index is 742. The SMILES string of the molecule is CNc1ccc2c(c1)C(OC)C(OCc1ccccc1C)C(C)(C)O2. The summed E-state index contributed by atoms with van der Waals surface area (Å²) in [6, 6.07) is 14.4. The lowest BCUT2D eigenvalue weighted by Gasteiger charge is -2.44. The maximum absolute atomic E-state index is 6.33. The molecule has 0 fully saturated rings. The molecule has 1 N–H and O–H groups in total. The molecule has 134 valence electrons. The molecule has 0 saturated carbocycles. The Morgan fingerprint density at radius 1 is 1.16 bits per heavy atom. The molecule has 1 heterocycles. The van der Waals surface area contributed by atoms with Crippen molar-refractivity contribution in [1.29, 1.82) is 0 Å². The lowest BCUT2D eigenvalue weighted by atomic mass is 9.88. The first-order valence-electron chi connectivity index (χ1n) is 8.66. The molecule has 0 aliphatic carbocycles. The molecule has 0 aromatic heterocycles. The van der Waals surface area contributed by atoms with Crippen molar-refractivity contribution < 1.29 is 14.2 Å². The van der Waals surface area contributed by atoms with Gasteiger partial charge in [-0.25, -0.2) is 0 Å². The van der Waals surface area contributed by atoms with Gasteiger partial charge in [-0.1, -0.05) is 24.3 Å². The van der Waals surface area contributed by atoms with E-state index in [0.29, 0.717) is 6.61 Å². The van der Waals surface area contributed by atoms with Crippen LogP contribution in [0, 0.1) is 6.92 Å². The highest BCUT2D eigenvalue weighted by atomic mass is 16.6. The quantitative estimate of drug-likeness (QED) is 0.870. The molecule has 0 radical (unpaired) electrons. The minimum atomic E-state index is -0.489. The van der Waals surface area contributed by atoms with E-state index in [4.69, 9.17) is 14.2 Å². The van der Waals surface area contributed by atoms with Crippen molar-refractivity contribution in [1.82, 2.24) is 0 Å². The number of rotatable bonds is 5. The van der Waals surface area contributed by atoms with Crippen LogP contribution in [-0.2, 0) is 16.1 Å². The normalized spacial score (nSPS) is 21.3. The van der Waals surface area contributed by atoms with Crippen LogP contribution in [0.4, 0.5) is 5.69 Å². The Kier molecular flexibility index (Phi) is 5.02. The van der Waals surface area contributed by atoms with E-state index < -0.39 is 5.60 Å². The third kappa shape index (κ3) is 3.51. The van der Waals surface area contributed by atoms with Gasteiger partial charge in [0.15, 0.2) is 0 Å². The Morgan fingerprint density at radius 3 is 2.60 bits per heavy atom. The number of methoxy groups -OCH3 is 1. The molecule has 3 rings (SSSR count). The van der Waals surface area contributed by atoms with Gasteiger partial charge in [-0.2, -0.15) is 0 Å². The largest absolute Gasteiger partial charge is 0.485 e. The Morgan fingerprint density at radius 2 is 1.92 bits per heavy atom. The van der Waals surface area contributed by atoms with Crippen LogP contribution >= 0.6 is 0 Å². The van der Waals surface area contributed by atoms with Gasteiger partial charge >= 0.3 is 0 Å². The van der Waals surface area contributed by atoms with E-state index in [-0.39, 0.29) is 12.2 Å². The van der Waals surface area contributed by atoms with Crippen LogP contribution in [-0.4, -0.2) is 25.9 Å². The Balaban J connectivity index is 1.90. The summed E-state index contributed by atoms with van der Waals surface area (Å²) < 4.78 is 18.4. The fourth-order valence-electron chi connectivity index (χ4n) is 3.38. The summed E-state index contributed by atoms with van der Waals surface area (Å²) in [5.74, 6) is 0.853. The van der Waals surface area contributed by atoms with Crippen LogP contribution < -0.4 is 10.1 Å². The second kappa shape index (κ2) is 7.06. The van der Waals surface area contributed by atoms with Gasteiger partial charge in [0.05, 0.1) is 6.61 Å². The zero-order chi connectivity index (χ0) is 18.0. The molecular weight excluding hydrogens is 314 g/mol. The number of hydrogen-bond donors (Lipinski definition) is 1. The first kappa shape index (κ1) is 17.8. The zero-order valence-electron chi connectivity index (χ0n) is 15.6. The van der Waals surface area contributed by atoms with Crippen molar-refractivity contribution >= 4 is 5.69 Å². The smallest absolute Gasteiger partial charge is 0.132 e. The van der Waals surface area contributed by atoms with Crippen LogP contribution in [0.1, 0.15) is 36.6 Å². The van der Waals surface area contributed by atoms with Crippen molar-refractivity contribution in [3.05, 3.63) is 59.2 Å². The Labute approximate surface area is 150 Å². The van der Waals surface area contributed by atoms with Gasteiger partial charge in [-0.05, 0) is 50.1 Å². The lowest BCUT2D eigenvalue weighted by molar-refractivity contribution is -0.159. The number of anilines is 1. The lowest BCUT2D eigenvalue weighted by Crippen LogP contribution is -2.50. The fourth-order valence-corrected chi connectivity index (χ4v) is 3.38. The second-order valence-corrected chi connectivity index (χ2v) is 7.02. The van der Waals surface area contributed by atoms with Gasteiger partial charge in [0, 0.05) is 25.4 Å². The average molecular weight is 341 g/mol. The number of nitrogens with one attached hydrogen (secondary N) is 1. The van der Waals surface area contributed by atoms with Crippen LogP contribution in [0.2, 0.25) is 0 Å². The minimum absolute atomic E-state index is 0.184. The highest BCUT2D eigenvalue weighted by Gasteiger charge is 2.45. The first-order valence-corrected chi connectivity index (χ1v) is 8.66. The molecule has 0 spiro atoms. The van der Waals surface area contributed by atoms with Gasteiger partial charge < -0.3 is 19.5 Å². The van der Waals surface area contributed by atoms with Crippen molar-refractivity contribution in [2.75, 3.05) is 19.5 Å². The number of aryl methyl sites for hydroxylation is 1. The first-order chi connectivity index (χ1) is 12.0. The summed E-state index contributed by atoms with van der Waals surface area (Å²) >= 11 is 0. The predicted octanol–water partition coefficient (Wildman–Crippen LogP) is 4.48.